The predicted molar refractivity (Wildman–Crippen MR) is 75.8 cm³/mol. The second kappa shape index (κ2) is 7.00. The molecular formula is C14H16F3N3S. The fourth-order valence-corrected chi connectivity index (χ4v) is 2.92. The number of pyridine rings is 1. The number of hydrogen-bond acceptors (Lipinski definition) is 4. The third-order valence-corrected chi connectivity index (χ3v) is 3.79. The quantitative estimate of drug-likeness (QED) is 0.807. The number of aromatic nitrogens is 2. The number of halogens is 3. The Morgan fingerprint density at radius 1 is 1.19 bits per heavy atom. The lowest BCUT2D eigenvalue weighted by Gasteiger charge is -2.21. The van der Waals surface area contributed by atoms with Crippen molar-refractivity contribution in [2.45, 2.75) is 32.6 Å². The van der Waals surface area contributed by atoms with Gasteiger partial charge in [-0.05, 0) is 30.7 Å². The van der Waals surface area contributed by atoms with Crippen LogP contribution in [0, 0.1) is 0 Å². The van der Waals surface area contributed by atoms with Gasteiger partial charge in [-0.3, -0.25) is 9.88 Å². The molecule has 7 heteroatoms. The molecule has 2 heterocycles. The minimum absolute atomic E-state index is 0.260. The van der Waals surface area contributed by atoms with E-state index in [1.165, 1.54) is 5.51 Å². The van der Waals surface area contributed by atoms with Crippen LogP contribution in [0.2, 0.25) is 0 Å². The highest BCUT2D eigenvalue weighted by Gasteiger charge is 2.36. The van der Waals surface area contributed by atoms with E-state index in [1.807, 2.05) is 24.0 Å². The lowest BCUT2D eigenvalue weighted by Crippen LogP contribution is -2.24. The SMILES string of the molecule is CCCN(Cc1ccncc1)Cc1scnc1C(F)(F)F. The highest BCUT2D eigenvalue weighted by molar-refractivity contribution is 7.09. The van der Waals surface area contributed by atoms with Gasteiger partial charge < -0.3 is 0 Å². The fourth-order valence-electron chi connectivity index (χ4n) is 2.09. The highest BCUT2D eigenvalue weighted by Crippen LogP contribution is 2.33. The van der Waals surface area contributed by atoms with Crippen LogP contribution >= 0.6 is 11.3 Å². The zero-order valence-electron chi connectivity index (χ0n) is 11.6. The highest BCUT2D eigenvalue weighted by atomic mass is 32.1. The van der Waals surface area contributed by atoms with E-state index in [4.69, 9.17) is 0 Å². The largest absolute Gasteiger partial charge is 0.434 e. The van der Waals surface area contributed by atoms with Gasteiger partial charge in [0.2, 0.25) is 0 Å². The molecule has 0 saturated heterocycles. The van der Waals surface area contributed by atoms with E-state index in [1.54, 1.807) is 12.4 Å². The molecule has 114 valence electrons. The van der Waals surface area contributed by atoms with Gasteiger partial charge in [-0.1, -0.05) is 6.92 Å². The first-order chi connectivity index (χ1) is 10.0. The summed E-state index contributed by atoms with van der Waals surface area (Å²) in [7, 11) is 0. The van der Waals surface area contributed by atoms with Gasteiger partial charge in [0.25, 0.3) is 0 Å². The molecule has 0 atom stereocenters. The first-order valence-corrected chi connectivity index (χ1v) is 7.49. The Balaban J connectivity index is 2.12. The second-order valence-electron chi connectivity index (χ2n) is 4.69. The Morgan fingerprint density at radius 3 is 2.52 bits per heavy atom. The van der Waals surface area contributed by atoms with Crippen molar-refractivity contribution in [3.8, 4) is 0 Å². The van der Waals surface area contributed by atoms with E-state index in [9.17, 15) is 13.2 Å². The molecule has 0 N–H and O–H groups in total. The van der Waals surface area contributed by atoms with Gasteiger partial charge in [0.05, 0.1) is 10.4 Å². The smallest absolute Gasteiger partial charge is 0.294 e. The molecule has 0 fully saturated rings. The zero-order valence-corrected chi connectivity index (χ0v) is 12.4. The standard InChI is InChI=1S/C14H16F3N3S/c1-2-7-20(8-11-3-5-18-6-4-11)9-12-13(14(15,16)17)19-10-21-12/h3-6,10H,2,7-9H2,1H3. The Morgan fingerprint density at radius 2 is 1.90 bits per heavy atom. The first kappa shape index (κ1) is 15.9. The number of nitrogens with zero attached hydrogens (tertiary/aromatic N) is 3. The molecule has 2 aromatic heterocycles. The summed E-state index contributed by atoms with van der Waals surface area (Å²) in [5.74, 6) is 0. The molecule has 0 radical (unpaired) electrons. The van der Waals surface area contributed by atoms with Crippen LogP contribution in [-0.4, -0.2) is 21.4 Å². The van der Waals surface area contributed by atoms with E-state index in [2.05, 4.69) is 9.97 Å². The van der Waals surface area contributed by atoms with Crippen LogP contribution in [0.5, 0.6) is 0 Å². The fraction of sp³-hybridized carbons (Fsp3) is 0.429. The number of hydrogen-bond donors (Lipinski definition) is 0. The van der Waals surface area contributed by atoms with E-state index < -0.39 is 11.9 Å². The molecule has 21 heavy (non-hydrogen) atoms. The molecule has 0 aromatic carbocycles. The first-order valence-electron chi connectivity index (χ1n) is 6.61. The number of thiazole rings is 1. The van der Waals surface area contributed by atoms with Crippen molar-refractivity contribution in [3.05, 3.63) is 46.2 Å². The van der Waals surface area contributed by atoms with Crippen molar-refractivity contribution in [1.82, 2.24) is 14.9 Å². The second-order valence-corrected chi connectivity index (χ2v) is 5.63. The molecule has 0 bridgehead atoms. The molecule has 2 rings (SSSR count). The Bertz CT molecular complexity index is 554. The topological polar surface area (TPSA) is 29.0 Å². The summed E-state index contributed by atoms with van der Waals surface area (Å²) < 4.78 is 38.6. The van der Waals surface area contributed by atoms with Crippen molar-refractivity contribution in [2.75, 3.05) is 6.54 Å². The van der Waals surface area contributed by atoms with Gasteiger partial charge in [0.15, 0.2) is 5.69 Å². The molecule has 3 nitrogen and oxygen atoms in total. The average molecular weight is 315 g/mol. The van der Waals surface area contributed by atoms with Crippen LogP contribution in [0.3, 0.4) is 0 Å². The summed E-state index contributed by atoms with van der Waals surface area (Å²) >= 11 is 1.06. The lowest BCUT2D eigenvalue weighted by atomic mass is 10.2. The maximum Gasteiger partial charge on any atom is 0.434 e. The Hall–Kier alpha value is -1.47. The minimum Gasteiger partial charge on any atom is -0.294 e. The van der Waals surface area contributed by atoms with Crippen molar-refractivity contribution in [3.63, 3.8) is 0 Å². The van der Waals surface area contributed by atoms with E-state index in [-0.39, 0.29) is 11.4 Å². The summed E-state index contributed by atoms with van der Waals surface area (Å²) in [6.45, 7) is 3.61. The van der Waals surface area contributed by atoms with Gasteiger partial charge in [0.1, 0.15) is 0 Å². The third-order valence-electron chi connectivity index (χ3n) is 2.97. The van der Waals surface area contributed by atoms with Crippen molar-refractivity contribution >= 4 is 11.3 Å². The monoisotopic (exact) mass is 315 g/mol. The molecule has 0 saturated carbocycles. The summed E-state index contributed by atoms with van der Waals surface area (Å²) in [6, 6.07) is 3.75. The van der Waals surface area contributed by atoms with Crippen molar-refractivity contribution < 1.29 is 13.2 Å². The summed E-state index contributed by atoms with van der Waals surface area (Å²) in [6.07, 6.45) is -0.129. The summed E-state index contributed by atoms with van der Waals surface area (Å²) in [4.78, 5) is 9.68. The van der Waals surface area contributed by atoms with Crippen LogP contribution in [0.25, 0.3) is 0 Å². The normalized spacial score (nSPS) is 12.0. The molecular weight excluding hydrogens is 299 g/mol. The van der Waals surface area contributed by atoms with Crippen LogP contribution in [0.15, 0.2) is 30.0 Å². The lowest BCUT2D eigenvalue weighted by molar-refractivity contribution is -0.141. The van der Waals surface area contributed by atoms with Crippen LogP contribution in [0.4, 0.5) is 13.2 Å². The van der Waals surface area contributed by atoms with Gasteiger partial charge >= 0.3 is 6.18 Å². The van der Waals surface area contributed by atoms with Crippen LogP contribution in [0.1, 0.15) is 29.5 Å². The average Bonchev–Trinajstić information content (AvgIpc) is 2.88. The van der Waals surface area contributed by atoms with E-state index in [0.29, 0.717) is 6.54 Å². The maximum absolute atomic E-state index is 12.9. The minimum atomic E-state index is -4.39. The van der Waals surface area contributed by atoms with Crippen LogP contribution in [-0.2, 0) is 19.3 Å². The predicted octanol–water partition coefficient (Wildman–Crippen LogP) is 3.97. The number of rotatable bonds is 6. The van der Waals surface area contributed by atoms with Gasteiger partial charge in [-0.25, -0.2) is 4.98 Å². The van der Waals surface area contributed by atoms with Gasteiger partial charge in [-0.15, -0.1) is 11.3 Å². The summed E-state index contributed by atoms with van der Waals surface area (Å²) in [5, 5.41) is 0. The number of alkyl halides is 3. The maximum atomic E-state index is 12.9. The van der Waals surface area contributed by atoms with Crippen molar-refractivity contribution in [1.29, 1.82) is 0 Å². The molecule has 0 aliphatic rings. The molecule has 0 spiro atoms. The van der Waals surface area contributed by atoms with E-state index in [0.717, 1.165) is 29.9 Å². The molecule has 0 amide bonds. The molecule has 2 aromatic rings. The zero-order chi connectivity index (χ0) is 15.3. The molecule has 0 aliphatic heterocycles. The summed E-state index contributed by atoms with van der Waals surface area (Å²) in [5.41, 5.74) is 1.54. The van der Waals surface area contributed by atoms with Crippen molar-refractivity contribution in [2.24, 2.45) is 0 Å². The molecule has 0 unspecified atom stereocenters. The Kier molecular flexibility index (Phi) is 5.30. The van der Waals surface area contributed by atoms with Crippen LogP contribution < -0.4 is 0 Å². The molecule has 0 aliphatic carbocycles. The van der Waals surface area contributed by atoms with E-state index >= 15 is 0 Å². The third kappa shape index (κ3) is 4.50. The van der Waals surface area contributed by atoms with Gasteiger partial charge in [0, 0.05) is 25.5 Å². The van der Waals surface area contributed by atoms with Gasteiger partial charge in [-0.2, -0.15) is 13.2 Å². The Labute approximate surface area is 125 Å².